The van der Waals surface area contributed by atoms with Crippen LogP contribution in [0.5, 0.6) is 0 Å². The van der Waals surface area contributed by atoms with Gasteiger partial charge in [-0.05, 0) is 5.92 Å². The number of rotatable bonds is 1. The highest BCUT2D eigenvalue weighted by molar-refractivity contribution is 6.15. The molecule has 0 aromatic carbocycles. The summed E-state index contributed by atoms with van der Waals surface area (Å²) in [6.07, 6.45) is 6.56. The molecule has 1 aliphatic carbocycles. The summed E-state index contributed by atoms with van der Waals surface area (Å²) >= 11 is 0. The molecule has 0 aromatic heterocycles. The van der Waals surface area contributed by atoms with Crippen molar-refractivity contribution in [1.82, 2.24) is 0 Å². The lowest BCUT2D eigenvalue weighted by Crippen LogP contribution is -2.22. The lowest BCUT2D eigenvalue weighted by atomic mass is 9.55. The standard InChI is InChI=1S/C9H17B/c1-8(2)9(10)6-4-3-5-7-9/h8H,3-7H2,1-2H3. The number of hydrogen-bond donors (Lipinski definition) is 0. The normalized spacial score (nSPS) is 25.1. The molecule has 1 heteroatoms. The minimum absolute atomic E-state index is 0.179. The van der Waals surface area contributed by atoms with Crippen LogP contribution in [0.15, 0.2) is 0 Å². The van der Waals surface area contributed by atoms with Gasteiger partial charge in [-0.2, -0.15) is 0 Å². The van der Waals surface area contributed by atoms with Gasteiger partial charge in [0.15, 0.2) is 0 Å². The van der Waals surface area contributed by atoms with Crippen molar-refractivity contribution in [2.45, 2.75) is 51.3 Å². The third-order valence-electron chi connectivity index (χ3n) is 2.93. The molecule has 0 nitrogen and oxygen atoms in total. The Morgan fingerprint density at radius 2 is 1.60 bits per heavy atom. The van der Waals surface area contributed by atoms with Gasteiger partial charge in [0.25, 0.3) is 0 Å². The summed E-state index contributed by atoms with van der Waals surface area (Å²) < 4.78 is 0. The summed E-state index contributed by atoms with van der Waals surface area (Å²) in [6.45, 7) is 4.48. The molecular formula is C9H17B. The molecule has 0 heterocycles. The SMILES string of the molecule is [B]C1(C(C)C)CCCCC1. The molecule has 0 saturated heterocycles. The Labute approximate surface area is 65.8 Å². The van der Waals surface area contributed by atoms with Crippen LogP contribution in [-0.4, -0.2) is 7.85 Å². The molecule has 0 aromatic rings. The van der Waals surface area contributed by atoms with Crippen molar-refractivity contribution in [2.24, 2.45) is 5.92 Å². The van der Waals surface area contributed by atoms with E-state index in [1.54, 1.807) is 0 Å². The van der Waals surface area contributed by atoms with Gasteiger partial charge >= 0.3 is 0 Å². The molecule has 56 valence electrons. The molecule has 0 bridgehead atoms. The van der Waals surface area contributed by atoms with E-state index in [2.05, 4.69) is 13.8 Å². The fraction of sp³-hybridized carbons (Fsp3) is 1.00. The third-order valence-corrected chi connectivity index (χ3v) is 2.93. The molecule has 1 rings (SSSR count). The zero-order chi connectivity index (χ0) is 7.61. The summed E-state index contributed by atoms with van der Waals surface area (Å²) in [5.41, 5.74) is 0. The highest BCUT2D eigenvalue weighted by Gasteiger charge is 2.28. The summed E-state index contributed by atoms with van der Waals surface area (Å²) in [6, 6.07) is 0. The van der Waals surface area contributed by atoms with Crippen LogP contribution in [0, 0.1) is 5.92 Å². The molecule has 10 heavy (non-hydrogen) atoms. The second-order valence-electron chi connectivity index (χ2n) is 3.95. The minimum atomic E-state index is 0.179. The van der Waals surface area contributed by atoms with Crippen LogP contribution in [0.4, 0.5) is 0 Å². The van der Waals surface area contributed by atoms with Gasteiger partial charge in [-0.1, -0.05) is 51.3 Å². The Kier molecular flexibility index (Phi) is 2.43. The van der Waals surface area contributed by atoms with E-state index in [0.717, 1.165) is 0 Å². The van der Waals surface area contributed by atoms with Gasteiger partial charge in [0.05, 0.1) is 7.85 Å². The summed E-state index contributed by atoms with van der Waals surface area (Å²) in [4.78, 5) is 0. The summed E-state index contributed by atoms with van der Waals surface area (Å²) in [5, 5.41) is 0.179. The molecule has 1 aliphatic rings. The summed E-state index contributed by atoms with van der Waals surface area (Å²) in [7, 11) is 6.20. The lowest BCUT2D eigenvalue weighted by Gasteiger charge is -2.38. The second kappa shape index (κ2) is 2.98. The van der Waals surface area contributed by atoms with Gasteiger partial charge < -0.3 is 0 Å². The fourth-order valence-electron chi connectivity index (χ4n) is 1.79. The van der Waals surface area contributed by atoms with Crippen LogP contribution >= 0.6 is 0 Å². The predicted octanol–water partition coefficient (Wildman–Crippen LogP) is 2.93. The van der Waals surface area contributed by atoms with Crippen molar-refractivity contribution in [3.8, 4) is 0 Å². The maximum Gasteiger partial charge on any atom is 0.0749 e. The van der Waals surface area contributed by atoms with Gasteiger partial charge in [-0.3, -0.25) is 0 Å². The quantitative estimate of drug-likeness (QED) is 0.486. The van der Waals surface area contributed by atoms with Gasteiger partial charge in [-0.15, -0.1) is 0 Å². The van der Waals surface area contributed by atoms with E-state index in [0.29, 0.717) is 5.92 Å². The Bertz CT molecular complexity index is 101. The Balaban J connectivity index is 2.48. The molecule has 0 spiro atoms. The first kappa shape index (κ1) is 8.16. The van der Waals surface area contributed by atoms with E-state index in [9.17, 15) is 0 Å². The molecule has 0 amide bonds. The average molecular weight is 136 g/mol. The third kappa shape index (κ3) is 1.56. The monoisotopic (exact) mass is 136 g/mol. The smallest absolute Gasteiger partial charge is 0.0638 e. The predicted molar refractivity (Wildman–Crippen MR) is 46.4 cm³/mol. The Morgan fingerprint density at radius 1 is 1.10 bits per heavy atom. The molecule has 0 unspecified atom stereocenters. The molecule has 0 N–H and O–H groups in total. The molecule has 1 saturated carbocycles. The highest BCUT2D eigenvalue weighted by atomic mass is 14.3. The lowest BCUT2D eigenvalue weighted by molar-refractivity contribution is 0.300. The van der Waals surface area contributed by atoms with E-state index in [1.165, 1.54) is 32.1 Å². The first-order valence-electron chi connectivity index (χ1n) is 4.44. The van der Waals surface area contributed by atoms with Crippen molar-refractivity contribution in [1.29, 1.82) is 0 Å². The van der Waals surface area contributed by atoms with E-state index < -0.39 is 0 Å². The van der Waals surface area contributed by atoms with E-state index in [4.69, 9.17) is 7.85 Å². The first-order valence-corrected chi connectivity index (χ1v) is 4.44. The maximum absolute atomic E-state index is 6.20. The minimum Gasteiger partial charge on any atom is -0.0638 e. The maximum atomic E-state index is 6.20. The van der Waals surface area contributed by atoms with E-state index in [1.807, 2.05) is 0 Å². The summed E-state index contributed by atoms with van der Waals surface area (Å²) in [5.74, 6) is 0.660. The molecule has 0 aliphatic heterocycles. The van der Waals surface area contributed by atoms with Crippen molar-refractivity contribution in [3.63, 3.8) is 0 Å². The van der Waals surface area contributed by atoms with Crippen molar-refractivity contribution >= 4 is 7.85 Å². The number of hydrogen-bond acceptors (Lipinski definition) is 0. The van der Waals surface area contributed by atoms with Gasteiger partial charge in [0, 0.05) is 0 Å². The molecule has 1 fully saturated rings. The second-order valence-corrected chi connectivity index (χ2v) is 3.95. The fourth-order valence-corrected chi connectivity index (χ4v) is 1.79. The largest absolute Gasteiger partial charge is 0.0749 e. The van der Waals surface area contributed by atoms with Crippen LogP contribution in [0.1, 0.15) is 46.0 Å². The Hall–Kier alpha value is 0.0649. The molecular weight excluding hydrogens is 119 g/mol. The van der Waals surface area contributed by atoms with Gasteiger partial charge in [0.1, 0.15) is 0 Å². The zero-order valence-corrected chi connectivity index (χ0v) is 7.19. The van der Waals surface area contributed by atoms with E-state index in [-0.39, 0.29) is 5.31 Å². The van der Waals surface area contributed by atoms with Crippen LogP contribution in [0.3, 0.4) is 0 Å². The van der Waals surface area contributed by atoms with Crippen molar-refractivity contribution in [3.05, 3.63) is 0 Å². The Morgan fingerprint density at radius 3 is 1.90 bits per heavy atom. The zero-order valence-electron chi connectivity index (χ0n) is 7.19. The topological polar surface area (TPSA) is 0 Å². The molecule has 0 atom stereocenters. The van der Waals surface area contributed by atoms with Gasteiger partial charge in [-0.25, -0.2) is 0 Å². The van der Waals surface area contributed by atoms with E-state index >= 15 is 0 Å². The average Bonchev–Trinajstić information content (AvgIpc) is 1.89. The van der Waals surface area contributed by atoms with Crippen molar-refractivity contribution < 1.29 is 0 Å². The van der Waals surface area contributed by atoms with Crippen LogP contribution in [-0.2, 0) is 0 Å². The van der Waals surface area contributed by atoms with Crippen LogP contribution < -0.4 is 0 Å². The van der Waals surface area contributed by atoms with Gasteiger partial charge in [0.2, 0.25) is 0 Å². The highest BCUT2D eigenvalue weighted by Crippen LogP contribution is 2.45. The van der Waals surface area contributed by atoms with Crippen LogP contribution in [0.2, 0.25) is 5.31 Å². The first-order chi connectivity index (χ1) is 4.65. The van der Waals surface area contributed by atoms with Crippen LogP contribution in [0.25, 0.3) is 0 Å². The molecule has 2 radical (unpaired) electrons. The van der Waals surface area contributed by atoms with Crippen molar-refractivity contribution in [2.75, 3.05) is 0 Å².